The molecule has 31 heavy (non-hydrogen) atoms. The first kappa shape index (κ1) is 24.3. The summed E-state index contributed by atoms with van der Waals surface area (Å²) in [6.07, 6.45) is -0.208. The summed E-state index contributed by atoms with van der Waals surface area (Å²) >= 11 is 5.00. The van der Waals surface area contributed by atoms with E-state index in [4.69, 9.17) is 5.41 Å². The average molecular weight is 509 g/mol. The van der Waals surface area contributed by atoms with E-state index in [1.807, 2.05) is 0 Å². The zero-order chi connectivity index (χ0) is 21.4. The first-order valence-corrected chi connectivity index (χ1v) is 12.2. The molecule has 0 aliphatic carbocycles. The smallest absolute Gasteiger partial charge is 0.543 e. The molecule has 1 saturated heterocycles. The summed E-state index contributed by atoms with van der Waals surface area (Å²) in [5.74, 6) is -1.76. The van der Waals surface area contributed by atoms with Gasteiger partial charge in [0.15, 0.2) is 4.34 Å². The van der Waals surface area contributed by atoms with Crippen molar-refractivity contribution in [3.63, 3.8) is 0 Å². The number of nitrogens with zero attached hydrogens (tertiary/aromatic N) is 4. The maximum absolute atomic E-state index is 12.6. The van der Waals surface area contributed by atoms with Gasteiger partial charge >= 0.3 is 29.6 Å². The zero-order valence-corrected chi connectivity index (χ0v) is 21.2. The van der Waals surface area contributed by atoms with Crippen LogP contribution in [-0.4, -0.2) is 65.7 Å². The molecular weight excluding hydrogens is 495 g/mol. The SMILES string of the molecule is N=c1scc(CC(=O)NC2C(=O)N3C(C(=O)[O-])=C(CSc4nncs4)CS[C@H]23)n1O.[Na+]. The summed E-state index contributed by atoms with van der Waals surface area (Å²) in [4.78, 5) is 37.7. The molecule has 0 saturated carbocycles. The number of aliphatic carboxylic acids is 1. The predicted octanol–water partition coefficient (Wildman–Crippen LogP) is -4.14. The molecule has 0 radical (unpaired) electrons. The fraction of sp³-hybridized carbons (Fsp3) is 0.333. The van der Waals surface area contributed by atoms with E-state index in [-0.39, 0.29) is 52.2 Å². The second-order valence-corrected chi connectivity index (χ2v) is 10.2. The molecule has 0 aromatic carbocycles. The molecule has 4 heterocycles. The van der Waals surface area contributed by atoms with Gasteiger partial charge in [-0.05, 0) is 5.57 Å². The van der Waals surface area contributed by atoms with Crippen molar-refractivity contribution in [2.24, 2.45) is 0 Å². The third kappa shape index (κ3) is 4.86. The molecule has 1 unspecified atom stereocenters. The first-order chi connectivity index (χ1) is 14.4. The van der Waals surface area contributed by atoms with Crippen molar-refractivity contribution in [3.8, 4) is 0 Å². The monoisotopic (exact) mass is 508 g/mol. The number of β-lactam (4-membered cyclic amide) rings is 1. The van der Waals surface area contributed by atoms with Crippen molar-refractivity contribution in [2.45, 2.75) is 22.2 Å². The zero-order valence-electron chi connectivity index (χ0n) is 15.9. The molecule has 2 amide bonds. The maximum Gasteiger partial charge on any atom is 1.00 e. The minimum Gasteiger partial charge on any atom is -0.543 e. The van der Waals surface area contributed by atoms with Crippen LogP contribution in [-0.2, 0) is 20.8 Å². The Morgan fingerprint density at radius 1 is 1.42 bits per heavy atom. The van der Waals surface area contributed by atoms with Gasteiger partial charge in [-0.2, -0.15) is 4.73 Å². The number of nitrogens with one attached hydrogen (secondary N) is 2. The van der Waals surface area contributed by atoms with Crippen molar-refractivity contribution in [3.05, 3.63) is 32.7 Å². The van der Waals surface area contributed by atoms with Crippen LogP contribution >= 0.6 is 46.2 Å². The maximum atomic E-state index is 12.6. The molecular formula is C15H13N6NaO5S4. The van der Waals surface area contributed by atoms with Gasteiger partial charge in [-0.15, -0.1) is 33.3 Å². The Hall–Kier alpha value is -1.36. The van der Waals surface area contributed by atoms with Crippen LogP contribution in [0.1, 0.15) is 5.69 Å². The second-order valence-electron chi connectivity index (χ2n) is 6.21. The number of carboxylic acid groups (broad SMARTS) is 1. The van der Waals surface area contributed by atoms with Crippen LogP contribution in [0.2, 0.25) is 0 Å². The van der Waals surface area contributed by atoms with Crippen LogP contribution < -0.4 is 44.8 Å². The average Bonchev–Trinajstić information content (AvgIpc) is 3.35. The summed E-state index contributed by atoms with van der Waals surface area (Å²) in [6.45, 7) is 0. The Bertz CT molecular complexity index is 1100. The van der Waals surface area contributed by atoms with Gasteiger partial charge in [0.1, 0.15) is 16.9 Å². The Morgan fingerprint density at radius 2 is 2.19 bits per heavy atom. The number of carbonyl (C=O) groups is 3. The third-order valence-electron chi connectivity index (χ3n) is 4.38. The fourth-order valence-electron chi connectivity index (χ4n) is 3.02. The topological polar surface area (TPSA) is 164 Å². The van der Waals surface area contributed by atoms with E-state index >= 15 is 0 Å². The number of rotatable bonds is 7. The van der Waals surface area contributed by atoms with E-state index in [1.54, 1.807) is 5.51 Å². The normalized spacial score (nSPS) is 20.0. The second kappa shape index (κ2) is 10.1. The van der Waals surface area contributed by atoms with Crippen molar-refractivity contribution in [2.75, 3.05) is 11.5 Å². The van der Waals surface area contributed by atoms with E-state index < -0.39 is 29.2 Å². The molecule has 2 atom stereocenters. The van der Waals surface area contributed by atoms with Crippen LogP contribution in [0.5, 0.6) is 0 Å². The van der Waals surface area contributed by atoms with Crippen LogP contribution in [0.15, 0.2) is 26.5 Å². The Balaban J connectivity index is 0.00000272. The number of carbonyl (C=O) groups excluding carboxylic acids is 3. The minimum atomic E-state index is -1.44. The summed E-state index contributed by atoms with van der Waals surface area (Å²) in [7, 11) is 0. The number of hydrogen-bond donors (Lipinski definition) is 3. The van der Waals surface area contributed by atoms with E-state index in [1.165, 1.54) is 40.2 Å². The van der Waals surface area contributed by atoms with Crippen molar-refractivity contribution < 1.29 is 54.3 Å². The van der Waals surface area contributed by atoms with Gasteiger partial charge in [-0.3, -0.25) is 19.9 Å². The standard InChI is InChI=1S/C15H14N6O5S4.Na/c16-14-21(26)7(4-28-14)1-8(22)18-9-11(23)20-10(13(24)25)6(2-27-12(9)20)3-29-15-19-17-5-30-15;/h4-5,9,12,16,26H,1-3H2,(H,18,22)(H,24,25);/q;+1/p-1/t9?,12-;/m1./s1. The molecule has 0 spiro atoms. The molecule has 11 nitrogen and oxygen atoms in total. The summed E-state index contributed by atoms with van der Waals surface area (Å²) in [5, 5.41) is 40.0. The number of aromatic nitrogens is 3. The third-order valence-corrected chi connectivity index (χ3v) is 8.45. The molecule has 2 aromatic heterocycles. The van der Waals surface area contributed by atoms with Gasteiger partial charge in [-0.25, -0.2) is 0 Å². The molecule has 2 aliphatic heterocycles. The van der Waals surface area contributed by atoms with Crippen LogP contribution in [0.25, 0.3) is 0 Å². The number of thiazole rings is 1. The van der Waals surface area contributed by atoms with Gasteiger partial charge in [-0.1, -0.05) is 23.1 Å². The van der Waals surface area contributed by atoms with Crippen LogP contribution in [0.3, 0.4) is 0 Å². The van der Waals surface area contributed by atoms with E-state index in [0.717, 1.165) is 16.2 Å². The Morgan fingerprint density at radius 3 is 2.81 bits per heavy atom. The van der Waals surface area contributed by atoms with Gasteiger partial charge in [0, 0.05) is 16.9 Å². The summed E-state index contributed by atoms with van der Waals surface area (Å²) in [6, 6.07) is -0.865. The molecule has 4 rings (SSSR count). The molecule has 1 fully saturated rings. The molecule has 0 bridgehead atoms. The van der Waals surface area contributed by atoms with Crippen LogP contribution in [0.4, 0.5) is 0 Å². The number of amides is 2. The van der Waals surface area contributed by atoms with Crippen molar-refractivity contribution >= 4 is 64.0 Å². The fourth-order valence-corrected chi connectivity index (χ4v) is 6.64. The Labute approximate surface area is 213 Å². The summed E-state index contributed by atoms with van der Waals surface area (Å²) < 4.78 is 1.30. The first-order valence-electron chi connectivity index (χ1n) is 8.36. The number of fused-ring (bicyclic) bond motifs is 1. The van der Waals surface area contributed by atoms with Gasteiger partial charge in [0.25, 0.3) is 5.91 Å². The van der Waals surface area contributed by atoms with Gasteiger partial charge in [0.05, 0.1) is 23.8 Å². The summed E-state index contributed by atoms with van der Waals surface area (Å²) in [5.41, 5.74) is 2.20. The predicted molar refractivity (Wildman–Crippen MR) is 107 cm³/mol. The molecule has 3 N–H and O–H groups in total. The Kier molecular flexibility index (Phi) is 7.88. The minimum absolute atomic E-state index is 0. The number of carboxylic acids is 1. The molecule has 2 aliphatic rings. The largest absolute Gasteiger partial charge is 1.00 e. The van der Waals surface area contributed by atoms with E-state index in [9.17, 15) is 24.7 Å². The quantitative estimate of drug-likeness (QED) is 0.146. The van der Waals surface area contributed by atoms with E-state index in [2.05, 4.69) is 15.5 Å². The molecule has 2 aromatic rings. The van der Waals surface area contributed by atoms with Crippen LogP contribution in [0, 0.1) is 5.41 Å². The van der Waals surface area contributed by atoms with Gasteiger partial charge < -0.3 is 20.4 Å². The van der Waals surface area contributed by atoms with E-state index in [0.29, 0.717) is 26.1 Å². The van der Waals surface area contributed by atoms with Gasteiger partial charge in [0.2, 0.25) is 10.7 Å². The van der Waals surface area contributed by atoms with Crippen molar-refractivity contribution in [1.82, 2.24) is 25.1 Å². The molecule has 16 heteroatoms. The molecule has 158 valence electrons. The number of thioether (sulfide) groups is 2. The number of hydrogen-bond acceptors (Lipinski definition) is 12. The van der Waals surface area contributed by atoms with Crippen molar-refractivity contribution in [1.29, 1.82) is 5.41 Å².